The van der Waals surface area contributed by atoms with Gasteiger partial charge in [0.15, 0.2) is 0 Å². The molecule has 2 heterocycles. The number of rotatable bonds is 3. The van der Waals surface area contributed by atoms with Gasteiger partial charge in [0.05, 0.1) is 5.54 Å². The Bertz CT molecular complexity index is 477. The molecule has 0 aliphatic carbocycles. The van der Waals surface area contributed by atoms with Gasteiger partial charge < -0.3 is 15.5 Å². The maximum absolute atomic E-state index is 6.30. The molecule has 1 aromatic rings. The van der Waals surface area contributed by atoms with Gasteiger partial charge in [-0.1, -0.05) is 32.0 Å². The molecule has 116 valence electrons. The third-order valence-corrected chi connectivity index (χ3v) is 5.53. The van der Waals surface area contributed by atoms with Crippen LogP contribution in [0.2, 0.25) is 0 Å². The van der Waals surface area contributed by atoms with Gasteiger partial charge in [-0.2, -0.15) is 0 Å². The van der Waals surface area contributed by atoms with E-state index in [9.17, 15) is 0 Å². The van der Waals surface area contributed by atoms with Crippen LogP contribution in [0.25, 0.3) is 0 Å². The Morgan fingerprint density at radius 3 is 2.62 bits per heavy atom. The largest absolute Gasteiger partial charge is 0.364 e. The number of fused-ring (bicyclic) bond motifs is 1. The molecule has 0 amide bonds. The molecule has 3 nitrogen and oxygen atoms in total. The van der Waals surface area contributed by atoms with Crippen molar-refractivity contribution >= 4 is 5.69 Å². The van der Waals surface area contributed by atoms with Gasteiger partial charge in [0, 0.05) is 31.9 Å². The van der Waals surface area contributed by atoms with Crippen molar-refractivity contribution in [2.24, 2.45) is 11.7 Å². The Morgan fingerprint density at radius 2 is 1.95 bits per heavy atom. The molecule has 3 rings (SSSR count). The van der Waals surface area contributed by atoms with Crippen LogP contribution < -0.4 is 10.6 Å². The number of anilines is 1. The van der Waals surface area contributed by atoms with Crippen molar-refractivity contribution in [3.8, 4) is 0 Å². The van der Waals surface area contributed by atoms with Crippen molar-refractivity contribution in [3.63, 3.8) is 0 Å². The first-order valence-electron chi connectivity index (χ1n) is 8.46. The van der Waals surface area contributed by atoms with Gasteiger partial charge >= 0.3 is 0 Å². The molecule has 2 N–H and O–H groups in total. The van der Waals surface area contributed by atoms with Gasteiger partial charge in [-0.05, 0) is 43.4 Å². The lowest BCUT2D eigenvalue weighted by molar-refractivity contribution is 0.160. The number of benzene rings is 1. The van der Waals surface area contributed by atoms with Crippen molar-refractivity contribution in [1.29, 1.82) is 0 Å². The summed E-state index contributed by atoms with van der Waals surface area (Å²) in [5.74, 6) is 0.715. The van der Waals surface area contributed by atoms with Gasteiger partial charge in [-0.3, -0.25) is 0 Å². The zero-order chi connectivity index (χ0) is 14.9. The molecule has 1 saturated heterocycles. The Kier molecular flexibility index (Phi) is 4.23. The lowest BCUT2D eigenvalue weighted by Gasteiger charge is -2.52. The SMILES string of the molecule is CCN1CCC(CN)(N2CC(C)Cc3ccccc32)CC1. The molecule has 0 radical (unpaired) electrons. The molecular formula is C18H29N3. The van der Waals surface area contributed by atoms with E-state index in [1.165, 1.54) is 43.6 Å². The van der Waals surface area contributed by atoms with E-state index in [4.69, 9.17) is 5.73 Å². The summed E-state index contributed by atoms with van der Waals surface area (Å²) in [5, 5.41) is 0. The van der Waals surface area contributed by atoms with E-state index in [-0.39, 0.29) is 5.54 Å². The predicted octanol–water partition coefficient (Wildman–Crippen LogP) is 2.50. The highest BCUT2D eigenvalue weighted by Crippen LogP contribution is 2.38. The van der Waals surface area contributed by atoms with Crippen LogP contribution in [-0.4, -0.2) is 43.2 Å². The molecule has 3 heteroatoms. The maximum atomic E-state index is 6.30. The zero-order valence-corrected chi connectivity index (χ0v) is 13.5. The van der Waals surface area contributed by atoms with Crippen molar-refractivity contribution in [1.82, 2.24) is 4.90 Å². The normalized spacial score (nSPS) is 25.7. The van der Waals surface area contributed by atoms with Crippen LogP contribution in [0.5, 0.6) is 0 Å². The number of nitrogens with zero attached hydrogens (tertiary/aromatic N) is 2. The average Bonchev–Trinajstić information content (AvgIpc) is 2.54. The molecule has 2 aliphatic heterocycles. The first kappa shape index (κ1) is 14.9. The third kappa shape index (κ3) is 2.69. The minimum Gasteiger partial charge on any atom is -0.364 e. The minimum absolute atomic E-state index is 0.163. The number of hydrogen-bond donors (Lipinski definition) is 1. The molecule has 1 fully saturated rings. The van der Waals surface area contributed by atoms with Crippen LogP contribution in [0.4, 0.5) is 5.69 Å². The summed E-state index contributed by atoms with van der Waals surface area (Å²) >= 11 is 0. The van der Waals surface area contributed by atoms with Crippen molar-refractivity contribution in [2.75, 3.05) is 37.6 Å². The van der Waals surface area contributed by atoms with Crippen LogP contribution in [0.1, 0.15) is 32.3 Å². The van der Waals surface area contributed by atoms with Gasteiger partial charge in [-0.15, -0.1) is 0 Å². The number of para-hydroxylation sites is 1. The second kappa shape index (κ2) is 5.98. The second-order valence-electron chi connectivity index (χ2n) is 6.91. The van der Waals surface area contributed by atoms with Gasteiger partial charge in [-0.25, -0.2) is 0 Å². The van der Waals surface area contributed by atoms with Crippen molar-refractivity contribution in [3.05, 3.63) is 29.8 Å². The van der Waals surface area contributed by atoms with Crippen LogP contribution in [-0.2, 0) is 6.42 Å². The zero-order valence-electron chi connectivity index (χ0n) is 13.5. The van der Waals surface area contributed by atoms with Gasteiger partial charge in [0.1, 0.15) is 0 Å². The molecule has 0 saturated carbocycles. The summed E-state index contributed by atoms with van der Waals surface area (Å²) in [6.45, 7) is 10.1. The van der Waals surface area contributed by atoms with E-state index in [1.807, 2.05) is 0 Å². The predicted molar refractivity (Wildman–Crippen MR) is 89.8 cm³/mol. The number of nitrogens with two attached hydrogens (primary N) is 1. The van der Waals surface area contributed by atoms with Crippen LogP contribution >= 0.6 is 0 Å². The van der Waals surface area contributed by atoms with Crippen LogP contribution in [0, 0.1) is 5.92 Å². The standard InChI is InChI=1S/C18H29N3/c1-3-20-10-8-18(14-19,9-11-20)21-13-15(2)12-16-6-4-5-7-17(16)21/h4-7,15H,3,8-14,19H2,1-2H3. The molecule has 1 atom stereocenters. The Hall–Kier alpha value is -1.06. The molecule has 21 heavy (non-hydrogen) atoms. The maximum Gasteiger partial charge on any atom is 0.0548 e. The fourth-order valence-corrected chi connectivity index (χ4v) is 4.12. The molecular weight excluding hydrogens is 258 g/mol. The second-order valence-corrected chi connectivity index (χ2v) is 6.91. The minimum atomic E-state index is 0.163. The Balaban J connectivity index is 1.91. The number of piperidine rings is 1. The van der Waals surface area contributed by atoms with E-state index in [0.717, 1.165) is 19.6 Å². The van der Waals surface area contributed by atoms with Crippen molar-refractivity contribution in [2.45, 2.75) is 38.6 Å². The lowest BCUT2D eigenvalue weighted by atomic mass is 9.81. The van der Waals surface area contributed by atoms with Crippen LogP contribution in [0.3, 0.4) is 0 Å². The van der Waals surface area contributed by atoms with E-state index in [1.54, 1.807) is 0 Å². The molecule has 1 aromatic carbocycles. The summed E-state index contributed by atoms with van der Waals surface area (Å²) in [6, 6.07) is 8.94. The highest BCUT2D eigenvalue weighted by atomic mass is 15.3. The summed E-state index contributed by atoms with van der Waals surface area (Å²) in [4.78, 5) is 5.21. The third-order valence-electron chi connectivity index (χ3n) is 5.53. The monoisotopic (exact) mass is 287 g/mol. The number of likely N-dealkylation sites (tertiary alicyclic amines) is 1. The first-order chi connectivity index (χ1) is 10.2. The molecule has 2 aliphatic rings. The van der Waals surface area contributed by atoms with E-state index in [0.29, 0.717) is 5.92 Å². The smallest absolute Gasteiger partial charge is 0.0548 e. The molecule has 1 unspecified atom stereocenters. The lowest BCUT2D eigenvalue weighted by Crippen LogP contribution is -2.61. The summed E-state index contributed by atoms with van der Waals surface area (Å²) in [5.41, 5.74) is 9.40. The molecule has 0 spiro atoms. The average molecular weight is 287 g/mol. The molecule has 0 aromatic heterocycles. The highest BCUT2D eigenvalue weighted by molar-refractivity contribution is 5.58. The van der Waals surface area contributed by atoms with Gasteiger partial charge in [0.2, 0.25) is 0 Å². The topological polar surface area (TPSA) is 32.5 Å². The summed E-state index contributed by atoms with van der Waals surface area (Å²) < 4.78 is 0. The van der Waals surface area contributed by atoms with E-state index in [2.05, 4.69) is 47.9 Å². The fourth-order valence-electron chi connectivity index (χ4n) is 4.12. The highest BCUT2D eigenvalue weighted by Gasteiger charge is 2.41. The fraction of sp³-hybridized carbons (Fsp3) is 0.667. The van der Waals surface area contributed by atoms with Crippen LogP contribution in [0.15, 0.2) is 24.3 Å². The Labute approximate surface area is 129 Å². The summed E-state index contributed by atoms with van der Waals surface area (Å²) in [6.07, 6.45) is 3.59. The Morgan fingerprint density at radius 1 is 1.24 bits per heavy atom. The number of hydrogen-bond acceptors (Lipinski definition) is 3. The van der Waals surface area contributed by atoms with E-state index >= 15 is 0 Å². The first-order valence-corrected chi connectivity index (χ1v) is 8.46. The van der Waals surface area contributed by atoms with Gasteiger partial charge in [0.25, 0.3) is 0 Å². The quantitative estimate of drug-likeness (QED) is 0.927. The van der Waals surface area contributed by atoms with E-state index < -0.39 is 0 Å². The molecule has 0 bridgehead atoms. The van der Waals surface area contributed by atoms with Crippen molar-refractivity contribution < 1.29 is 0 Å². The summed E-state index contributed by atoms with van der Waals surface area (Å²) in [7, 11) is 0.